The van der Waals surface area contributed by atoms with Gasteiger partial charge in [0.25, 0.3) is 0 Å². The zero-order chi connectivity index (χ0) is 7.71. The maximum atomic E-state index is 5.94. The molecule has 2 heteroatoms. The molecule has 4 rings (SSSR count). The summed E-state index contributed by atoms with van der Waals surface area (Å²) in [5.74, 6) is 1.59. The number of hydrogen-bond donors (Lipinski definition) is 0. The van der Waals surface area contributed by atoms with E-state index in [-0.39, 0.29) is 0 Å². The Bertz CT molecular complexity index is 184. The van der Waals surface area contributed by atoms with Crippen molar-refractivity contribution in [3.63, 3.8) is 0 Å². The maximum absolute atomic E-state index is 5.94. The van der Waals surface area contributed by atoms with E-state index in [0.717, 1.165) is 11.8 Å². The molecule has 0 spiro atoms. The van der Waals surface area contributed by atoms with Crippen molar-refractivity contribution in [2.75, 3.05) is 0 Å². The lowest BCUT2D eigenvalue weighted by molar-refractivity contribution is 0.00772. The molecular weight excluding hydrogens is 152 g/mol. The molecule has 6 atom stereocenters. The van der Waals surface area contributed by atoms with Crippen molar-refractivity contribution in [3.05, 3.63) is 0 Å². The van der Waals surface area contributed by atoms with Crippen LogP contribution in [0.4, 0.5) is 0 Å². The minimum atomic E-state index is 0.579. The van der Waals surface area contributed by atoms with Crippen molar-refractivity contribution in [2.24, 2.45) is 11.8 Å². The van der Waals surface area contributed by atoms with E-state index in [1.165, 1.54) is 25.7 Å². The fourth-order valence-electron chi connectivity index (χ4n) is 3.98. The Morgan fingerprint density at radius 1 is 0.583 bits per heavy atom. The van der Waals surface area contributed by atoms with Gasteiger partial charge in [0.2, 0.25) is 0 Å². The first-order chi connectivity index (χ1) is 5.93. The van der Waals surface area contributed by atoms with Crippen LogP contribution in [0.3, 0.4) is 0 Å². The number of fused-ring (bicyclic) bond motifs is 9. The zero-order valence-corrected chi connectivity index (χ0v) is 7.11. The summed E-state index contributed by atoms with van der Waals surface area (Å²) in [5, 5.41) is 0. The van der Waals surface area contributed by atoms with Gasteiger partial charge in [-0.2, -0.15) is 0 Å². The standard InChI is InChI=1S/C10H14O2/c1-2-6-10-8-4-3-7(12-8)9(10)5(1)11-6/h5-10H,1-4H2/t5-,6+,7+,8-,9?,10?. The van der Waals surface area contributed by atoms with E-state index in [9.17, 15) is 0 Å². The van der Waals surface area contributed by atoms with E-state index >= 15 is 0 Å². The maximum Gasteiger partial charge on any atom is 0.0637 e. The van der Waals surface area contributed by atoms with Crippen LogP contribution < -0.4 is 0 Å². The Kier molecular flexibility index (Phi) is 0.999. The van der Waals surface area contributed by atoms with Gasteiger partial charge in [0.05, 0.1) is 24.4 Å². The summed E-state index contributed by atoms with van der Waals surface area (Å²) in [6, 6.07) is 0. The Hall–Kier alpha value is -0.0800. The van der Waals surface area contributed by atoms with Crippen LogP contribution in [0, 0.1) is 11.8 Å². The van der Waals surface area contributed by atoms with E-state index in [4.69, 9.17) is 9.47 Å². The Morgan fingerprint density at radius 3 is 1.25 bits per heavy atom. The largest absolute Gasteiger partial charge is 0.374 e. The highest BCUT2D eigenvalue weighted by Crippen LogP contribution is 2.56. The first kappa shape index (κ1) is 6.39. The monoisotopic (exact) mass is 166 g/mol. The van der Waals surface area contributed by atoms with Crippen molar-refractivity contribution >= 4 is 0 Å². The topological polar surface area (TPSA) is 18.5 Å². The molecule has 0 aromatic heterocycles. The number of hydrogen-bond acceptors (Lipinski definition) is 2. The third-order valence-corrected chi connectivity index (χ3v) is 4.33. The molecule has 4 saturated heterocycles. The fraction of sp³-hybridized carbons (Fsp3) is 1.00. The third-order valence-electron chi connectivity index (χ3n) is 4.33. The summed E-state index contributed by atoms with van der Waals surface area (Å²) in [5.41, 5.74) is 0. The minimum Gasteiger partial charge on any atom is -0.374 e. The lowest BCUT2D eigenvalue weighted by Crippen LogP contribution is -2.35. The number of ether oxygens (including phenoxy) is 2. The minimum absolute atomic E-state index is 0.579. The lowest BCUT2D eigenvalue weighted by Gasteiger charge is -2.28. The normalized spacial score (nSPS) is 66.0. The molecule has 0 saturated carbocycles. The molecule has 2 nitrogen and oxygen atoms in total. The predicted molar refractivity (Wildman–Crippen MR) is 42.8 cm³/mol. The van der Waals surface area contributed by atoms with Crippen LogP contribution >= 0.6 is 0 Å². The zero-order valence-electron chi connectivity index (χ0n) is 7.11. The molecule has 4 aliphatic heterocycles. The summed E-state index contributed by atoms with van der Waals surface area (Å²) >= 11 is 0. The van der Waals surface area contributed by atoms with E-state index < -0.39 is 0 Å². The third kappa shape index (κ3) is 0.549. The molecule has 0 amide bonds. The van der Waals surface area contributed by atoms with Gasteiger partial charge in [-0.15, -0.1) is 0 Å². The van der Waals surface area contributed by atoms with E-state index in [2.05, 4.69) is 0 Å². The molecule has 0 N–H and O–H groups in total. The molecule has 0 aromatic carbocycles. The van der Waals surface area contributed by atoms with Gasteiger partial charge in [-0.25, -0.2) is 0 Å². The highest BCUT2D eigenvalue weighted by atomic mass is 16.5. The molecule has 66 valence electrons. The second-order valence-electron chi connectivity index (χ2n) is 4.74. The molecule has 4 heterocycles. The molecule has 0 aliphatic carbocycles. The van der Waals surface area contributed by atoms with Gasteiger partial charge in [0, 0.05) is 11.8 Å². The van der Waals surface area contributed by atoms with Crippen LogP contribution in [0.1, 0.15) is 25.7 Å². The van der Waals surface area contributed by atoms with Crippen LogP contribution in [-0.4, -0.2) is 24.4 Å². The van der Waals surface area contributed by atoms with Gasteiger partial charge in [-0.1, -0.05) is 0 Å². The van der Waals surface area contributed by atoms with Gasteiger partial charge in [0.1, 0.15) is 0 Å². The Morgan fingerprint density at radius 2 is 0.917 bits per heavy atom. The van der Waals surface area contributed by atoms with E-state index in [1.54, 1.807) is 0 Å². The van der Waals surface area contributed by atoms with Crippen molar-refractivity contribution in [1.82, 2.24) is 0 Å². The Balaban J connectivity index is 1.77. The van der Waals surface area contributed by atoms with Crippen LogP contribution in [0.25, 0.3) is 0 Å². The fourth-order valence-corrected chi connectivity index (χ4v) is 3.98. The van der Waals surface area contributed by atoms with Gasteiger partial charge in [-0.3, -0.25) is 0 Å². The summed E-state index contributed by atoms with van der Waals surface area (Å²) < 4.78 is 11.9. The van der Waals surface area contributed by atoms with E-state index in [0.29, 0.717) is 24.4 Å². The summed E-state index contributed by atoms with van der Waals surface area (Å²) in [7, 11) is 0. The first-order valence-corrected chi connectivity index (χ1v) is 5.24. The molecule has 4 bridgehead atoms. The van der Waals surface area contributed by atoms with Crippen molar-refractivity contribution < 1.29 is 9.47 Å². The van der Waals surface area contributed by atoms with Gasteiger partial charge < -0.3 is 9.47 Å². The van der Waals surface area contributed by atoms with Crippen molar-refractivity contribution in [3.8, 4) is 0 Å². The van der Waals surface area contributed by atoms with Crippen LogP contribution in [0.5, 0.6) is 0 Å². The van der Waals surface area contributed by atoms with Crippen molar-refractivity contribution in [2.45, 2.75) is 50.1 Å². The van der Waals surface area contributed by atoms with Crippen LogP contribution in [0.15, 0.2) is 0 Å². The summed E-state index contributed by atoms with van der Waals surface area (Å²) in [6.07, 6.45) is 7.53. The lowest BCUT2D eigenvalue weighted by atomic mass is 9.71. The Labute approximate surface area is 72.2 Å². The molecule has 2 unspecified atom stereocenters. The molecular formula is C10H14O2. The van der Waals surface area contributed by atoms with Gasteiger partial charge in [-0.05, 0) is 25.7 Å². The average Bonchev–Trinajstić information content (AvgIpc) is 2.83. The van der Waals surface area contributed by atoms with Crippen molar-refractivity contribution in [1.29, 1.82) is 0 Å². The first-order valence-electron chi connectivity index (χ1n) is 5.24. The highest BCUT2D eigenvalue weighted by Gasteiger charge is 2.61. The summed E-state index contributed by atoms with van der Waals surface area (Å²) in [6.45, 7) is 0. The quantitative estimate of drug-likeness (QED) is 0.540. The predicted octanol–water partition coefficient (Wildman–Crippen LogP) is 1.34. The summed E-state index contributed by atoms with van der Waals surface area (Å²) in [4.78, 5) is 0. The second kappa shape index (κ2) is 1.88. The molecule has 4 aliphatic rings. The van der Waals surface area contributed by atoms with Gasteiger partial charge >= 0.3 is 0 Å². The molecule has 4 fully saturated rings. The average molecular weight is 166 g/mol. The number of rotatable bonds is 0. The van der Waals surface area contributed by atoms with E-state index in [1.807, 2.05) is 0 Å². The second-order valence-corrected chi connectivity index (χ2v) is 4.74. The molecule has 0 radical (unpaired) electrons. The molecule has 12 heavy (non-hydrogen) atoms. The SMILES string of the molecule is C1C[C@H]2O[C@@H]1C1C2[C@@H]2CC[C@H]1O2. The van der Waals surface area contributed by atoms with Gasteiger partial charge in [0.15, 0.2) is 0 Å². The highest BCUT2D eigenvalue weighted by molar-refractivity contribution is 5.09. The van der Waals surface area contributed by atoms with Crippen LogP contribution in [0.2, 0.25) is 0 Å². The van der Waals surface area contributed by atoms with Crippen LogP contribution in [-0.2, 0) is 9.47 Å². The smallest absolute Gasteiger partial charge is 0.0637 e. The molecule has 0 aromatic rings.